The van der Waals surface area contributed by atoms with Gasteiger partial charge in [0.2, 0.25) is 0 Å². The summed E-state index contributed by atoms with van der Waals surface area (Å²) in [5.74, 6) is 0. The van der Waals surface area contributed by atoms with Gasteiger partial charge in [0.1, 0.15) is 0 Å². The minimum atomic E-state index is -2.79. The summed E-state index contributed by atoms with van der Waals surface area (Å²) in [5, 5.41) is 0. The van der Waals surface area contributed by atoms with Crippen LogP contribution >= 0.6 is 0 Å². The molecule has 100 valence electrons. The molecule has 0 heterocycles. The maximum atomic E-state index is 6.15. The van der Waals surface area contributed by atoms with E-state index < -0.39 is 19.2 Å². The molecule has 2 saturated carbocycles. The van der Waals surface area contributed by atoms with Gasteiger partial charge in [-0.25, -0.2) is 0 Å². The van der Waals surface area contributed by atoms with Crippen molar-refractivity contribution in [3.63, 3.8) is 0 Å². The van der Waals surface area contributed by atoms with Crippen molar-refractivity contribution < 1.29 is 6.15 Å². The molecule has 0 aromatic rings. The summed E-state index contributed by atoms with van der Waals surface area (Å²) in [7, 11) is 3.89. The van der Waals surface area contributed by atoms with Gasteiger partial charge in [0.25, 0.3) is 0 Å². The fourth-order valence-electron chi connectivity index (χ4n) is 4.09. The third kappa shape index (κ3) is 3.00. The van der Waals surface area contributed by atoms with Crippen molar-refractivity contribution in [3.8, 4) is 0 Å². The molecule has 0 amide bonds. The first-order chi connectivity index (χ1) is 8.33. The molecule has 0 radical (unpaired) electrons. The number of hydrogen-bond donors (Lipinski definition) is 0. The zero-order valence-electron chi connectivity index (χ0n) is 11.5. The van der Waals surface area contributed by atoms with Gasteiger partial charge in [-0.3, -0.25) is 0 Å². The molecule has 0 aromatic carbocycles. The molecule has 0 aromatic heterocycles. The minimum absolute atomic E-state index is 0.830. The van der Waals surface area contributed by atoms with E-state index in [-0.39, 0.29) is 0 Å². The van der Waals surface area contributed by atoms with Gasteiger partial charge in [-0.05, 0) is 0 Å². The van der Waals surface area contributed by atoms with Crippen molar-refractivity contribution in [3.05, 3.63) is 0 Å². The molecular weight excluding hydrogens is 319 g/mol. The Morgan fingerprint density at radius 3 is 1.29 bits per heavy atom. The molecule has 0 atom stereocenters. The van der Waals surface area contributed by atoms with Crippen LogP contribution in [-0.4, -0.2) is 33.4 Å². The number of hydrogen-bond acceptors (Lipinski definition) is 2. The molecule has 0 N–H and O–H groups in total. The van der Waals surface area contributed by atoms with Gasteiger partial charge in [0.05, 0.1) is 0 Å². The first kappa shape index (κ1) is 14.1. The summed E-state index contributed by atoms with van der Waals surface area (Å²) in [6.45, 7) is 0. The summed E-state index contributed by atoms with van der Waals surface area (Å²) in [4.78, 5) is 0. The Labute approximate surface area is 111 Å². The van der Waals surface area contributed by atoms with E-state index in [0.717, 1.165) is 7.87 Å². The molecule has 17 heavy (non-hydrogen) atoms. The molecule has 0 unspecified atom stereocenters. The van der Waals surface area contributed by atoms with E-state index in [9.17, 15) is 0 Å². The van der Waals surface area contributed by atoms with Gasteiger partial charge in [-0.15, -0.1) is 0 Å². The SMILES string of the molecule is C[O][Sn]([O]C)([CH]1CCCCC1)[CH]1CCCCC1. The third-order valence-corrected chi connectivity index (χ3v) is 18.4. The Balaban J connectivity index is 2.10. The summed E-state index contributed by atoms with van der Waals surface area (Å²) in [5.41, 5.74) is 0. The van der Waals surface area contributed by atoms with Gasteiger partial charge < -0.3 is 0 Å². The van der Waals surface area contributed by atoms with Crippen LogP contribution in [0.5, 0.6) is 0 Å². The molecule has 2 fully saturated rings. The molecule has 0 spiro atoms. The Morgan fingerprint density at radius 2 is 1.00 bits per heavy atom. The standard InChI is InChI=1S/2C6H11.2CH3O.Sn/c2*1-2-4-6-5-3-1;2*1-2;/h2*1H,2-6H2;2*1H3;/q;;2*-1;+2. The number of rotatable bonds is 4. The maximum absolute atomic E-state index is 6.15. The molecule has 2 nitrogen and oxygen atoms in total. The van der Waals surface area contributed by atoms with Crippen LogP contribution in [0.15, 0.2) is 0 Å². The molecule has 0 bridgehead atoms. The van der Waals surface area contributed by atoms with Crippen LogP contribution in [0.3, 0.4) is 0 Å². The second-order valence-corrected chi connectivity index (χ2v) is 16.9. The Hall–Kier alpha value is 0.719. The fraction of sp³-hybridized carbons (Fsp3) is 1.00. The van der Waals surface area contributed by atoms with Crippen LogP contribution in [0, 0.1) is 0 Å². The van der Waals surface area contributed by atoms with Gasteiger partial charge in [-0.1, -0.05) is 0 Å². The fourth-order valence-corrected chi connectivity index (χ4v) is 17.2. The van der Waals surface area contributed by atoms with Gasteiger partial charge in [0.15, 0.2) is 0 Å². The predicted octanol–water partition coefficient (Wildman–Crippen LogP) is 4.39. The zero-order chi connectivity index (χ0) is 12.1. The van der Waals surface area contributed by atoms with Crippen LogP contribution in [0.1, 0.15) is 64.2 Å². The molecule has 2 aliphatic rings. The second kappa shape index (κ2) is 6.76. The second-order valence-electron chi connectivity index (χ2n) is 5.80. The van der Waals surface area contributed by atoms with Gasteiger partial charge >= 0.3 is 112 Å². The summed E-state index contributed by atoms with van der Waals surface area (Å²) >= 11 is -2.79. The van der Waals surface area contributed by atoms with Crippen LogP contribution in [0.25, 0.3) is 0 Å². The Kier molecular flexibility index (Phi) is 5.62. The van der Waals surface area contributed by atoms with E-state index >= 15 is 0 Å². The van der Waals surface area contributed by atoms with Crippen molar-refractivity contribution in [2.45, 2.75) is 72.1 Å². The molecule has 0 saturated heterocycles. The topological polar surface area (TPSA) is 18.5 Å². The van der Waals surface area contributed by atoms with E-state index in [2.05, 4.69) is 0 Å². The molecule has 2 aliphatic carbocycles. The molecule has 3 heteroatoms. The quantitative estimate of drug-likeness (QED) is 0.703. The Bertz CT molecular complexity index is 196. The monoisotopic (exact) mass is 348 g/mol. The van der Waals surface area contributed by atoms with E-state index in [4.69, 9.17) is 6.15 Å². The van der Waals surface area contributed by atoms with Crippen molar-refractivity contribution in [1.29, 1.82) is 0 Å². The Morgan fingerprint density at radius 1 is 0.647 bits per heavy atom. The normalized spacial score (nSPS) is 25.1. The van der Waals surface area contributed by atoms with Crippen molar-refractivity contribution in [2.75, 3.05) is 14.2 Å². The molecule has 0 aliphatic heterocycles. The summed E-state index contributed by atoms with van der Waals surface area (Å²) < 4.78 is 14.0. The molecular formula is C14H28O2Sn. The average Bonchev–Trinajstić information content (AvgIpc) is 2.43. The van der Waals surface area contributed by atoms with Crippen LogP contribution in [0.2, 0.25) is 7.87 Å². The zero-order valence-corrected chi connectivity index (χ0v) is 14.4. The van der Waals surface area contributed by atoms with Crippen molar-refractivity contribution in [2.24, 2.45) is 0 Å². The first-order valence-corrected chi connectivity index (χ1v) is 13.1. The van der Waals surface area contributed by atoms with E-state index in [1.165, 1.54) is 64.2 Å². The summed E-state index contributed by atoms with van der Waals surface area (Å²) in [6.07, 6.45) is 14.0. The molecule has 2 rings (SSSR count). The van der Waals surface area contributed by atoms with E-state index in [1.54, 1.807) is 0 Å². The van der Waals surface area contributed by atoms with Crippen LogP contribution in [0.4, 0.5) is 0 Å². The van der Waals surface area contributed by atoms with E-state index in [1.807, 2.05) is 14.2 Å². The third-order valence-electron chi connectivity index (χ3n) is 4.99. The van der Waals surface area contributed by atoms with Gasteiger partial charge in [0, 0.05) is 0 Å². The van der Waals surface area contributed by atoms with Crippen molar-refractivity contribution in [1.82, 2.24) is 0 Å². The van der Waals surface area contributed by atoms with Crippen LogP contribution < -0.4 is 0 Å². The average molecular weight is 347 g/mol. The van der Waals surface area contributed by atoms with E-state index in [0.29, 0.717) is 0 Å². The van der Waals surface area contributed by atoms with Crippen LogP contribution in [-0.2, 0) is 6.15 Å². The van der Waals surface area contributed by atoms with Crippen molar-refractivity contribution >= 4 is 19.2 Å². The predicted molar refractivity (Wildman–Crippen MR) is 73.4 cm³/mol. The summed E-state index contributed by atoms with van der Waals surface area (Å²) in [6, 6.07) is 0. The first-order valence-electron chi connectivity index (χ1n) is 7.44. The van der Waals surface area contributed by atoms with Gasteiger partial charge in [-0.2, -0.15) is 0 Å².